The molecule has 0 radical (unpaired) electrons. The highest BCUT2D eigenvalue weighted by Gasteiger charge is 2.16. The predicted octanol–water partition coefficient (Wildman–Crippen LogP) is 10.3. The molecule has 36 heavy (non-hydrogen) atoms. The van der Waals surface area contributed by atoms with Crippen LogP contribution in [0.5, 0.6) is 0 Å². The standard InChI is InChI=1S/C20H12.C16H8/c1-2-8-16-15(7-1)17-9-3-5-13-11-12-14-6-4-10-18(16)20(14)19(13)17;1-2-9-4-7-13-11-6-5-10-8-14(11)12(3-1)15(9)16(10)13/h1-12H;1-8H. The van der Waals surface area contributed by atoms with E-state index in [1.807, 2.05) is 0 Å². The van der Waals surface area contributed by atoms with Gasteiger partial charge in [-0.3, -0.25) is 0 Å². The highest BCUT2D eigenvalue weighted by molar-refractivity contribution is 6.38. The van der Waals surface area contributed by atoms with Gasteiger partial charge in [-0.1, -0.05) is 115 Å². The SMILES string of the molecule is c1cc2ccc3c4ccc5cc4c(c1)c2c53.c1ccc2c(c1)c1cccc3ccc4cccc2c4c31. The topological polar surface area (TPSA) is 0 Å². The second-order valence-electron chi connectivity index (χ2n) is 10.1. The van der Waals surface area contributed by atoms with E-state index in [1.165, 1.54) is 86.2 Å². The number of fused-ring (bicyclic) bond motifs is 4. The Morgan fingerprint density at radius 2 is 0.583 bits per heavy atom. The summed E-state index contributed by atoms with van der Waals surface area (Å²) in [4.78, 5) is 0. The van der Waals surface area contributed by atoms with Crippen molar-refractivity contribution < 1.29 is 0 Å². The lowest BCUT2D eigenvalue weighted by Gasteiger charge is -2.18. The Labute approximate surface area is 207 Å². The average Bonchev–Trinajstić information content (AvgIpc) is 2.96. The minimum atomic E-state index is 1.33. The smallest absolute Gasteiger partial charge is 0.00201 e. The van der Waals surface area contributed by atoms with Crippen LogP contribution < -0.4 is 0 Å². The molecule has 12 rings (SSSR count). The van der Waals surface area contributed by atoms with Gasteiger partial charge in [-0.05, 0) is 92.2 Å². The van der Waals surface area contributed by atoms with Crippen LogP contribution in [0.2, 0.25) is 0 Å². The van der Waals surface area contributed by atoms with Crippen LogP contribution in [0.15, 0.2) is 121 Å². The molecule has 0 atom stereocenters. The predicted molar refractivity (Wildman–Crippen MR) is 158 cm³/mol. The molecular weight excluding hydrogens is 432 g/mol. The molecular formula is C36H20. The molecule has 0 aliphatic rings. The van der Waals surface area contributed by atoms with Crippen molar-refractivity contribution in [3.63, 3.8) is 0 Å². The molecule has 12 aromatic rings. The van der Waals surface area contributed by atoms with Crippen LogP contribution in [0.4, 0.5) is 0 Å². The summed E-state index contributed by atoms with van der Waals surface area (Å²) in [6.45, 7) is 0. The van der Waals surface area contributed by atoms with Crippen LogP contribution in [0.3, 0.4) is 0 Å². The van der Waals surface area contributed by atoms with E-state index in [4.69, 9.17) is 0 Å². The first-order valence-electron chi connectivity index (χ1n) is 12.6. The molecule has 12 aromatic carbocycles. The molecule has 0 saturated carbocycles. The van der Waals surface area contributed by atoms with Crippen molar-refractivity contribution in [1.82, 2.24) is 0 Å². The lowest BCUT2D eigenvalue weighted by molar-refractivity contribution is 1.78. The molecule has 0 aliphatic carbocycles. The van der Waals surface area contributed by atoms with Crippen molar-refractivity contribution >= 4 is 86.2 Å². The summed E-state index contributed by atoms with van der Waals surface area (Å²) < 4.78 is 0. The minimum absolute atomic E-state index is 1.33. The molecule has 0 fully saturated rings. The first-order valence-corrected chi connectivity index (χ1v) is 12.6. The van der Waals surface area contributed by atoms with E-state index < -0.39 is 0 Å². The summed E-state index contributed by atoms with van der Waals surface area (Å²) >= 11 is 0. The second-order valence-corrected chi connectivity index (χ2v) is 10.1. The van der Waals surface area contributed by atoms with E-state index in [2.05, 4.69) is 121 Å². The summed E-state index contributed by atoms with van der Waals surface area (Å²) in [6.07, 6.45) is 0. The van der Waals surface area contributed by atoms with Crippen LogP contribution in [-0.2, 0) is 0 Å². The Bertz CT molecular complexity index is 2260. The molecule has 0 spiro atoms. The third-order valence-corrected chi connectivity index (χ3v) is 8.33. The van der Waals surface area contributed by atoms with Gasteiger partial charge >= 0.3 is 0 Å². The van der Waals surface area contributed by atoms with Gasteiger partial charge in [-0.2, -0.15) is 0 Å². The Morgan fingerprint density at radius 1 is 0.222 bits per heavy atom. The zero-order chi connectivity index (χ0) is 23.4. The Balaban J connectivity index is 0.000000110. The lowest BCUT2D eigenvalue weighted by atomic mass is 9.85. The van der Waals surface area contributed by atoms with Gasteiger partial charge in [0.1, 0.15) is 0 Å². The summed E-state index contributed by atoms with van der Waals surface area (Å²) in [5.41, 5.74) is 0. The normalized spacial score (nSPS) is 12.4. The maximum Gasteiger partial charge on any atom is -0.00201 e. The molecule has 0 heteroatoms. The van der Waals surface area contributed by atoms with E-state index in [0.29, 0.717) is 0 Å². The van der Waals surface area contributed by atoms with Crippen LogP contribution in [-0.4, -0.2) is 0 Å². The Kier molecular flexibility index (Phi) is 3.36. The van der Waals surface area contributed by atoms with Crippen LogP contribution in [0.25, 0.3) is 86.2 Å². The summed E-state index contributed by atoms with van der Waals surface area (Å²) in [5.74, 6) is 0. The van der Waals surface area contributed by atoms with Gasteiger partial charge in [0, 0.05) is 0 Å². The van der Waals surface area contributed by atoms with Crippen molar-refractivity contribution in [2.45, 2.75) is 0 Å². The van der Waals surface area contributed by atoms with E-state index in [0.717, 1.165) is 0 Å². The van der Waals surface area contributed by atoms with Gasteiger partial charge < -0.3 is 0 Å². The van der Waals surface area contributed by atoms with Gasteiger partial charge in [0.25, 0.3) is 0 Å². The van der Waals surface area contributed by atoms with Crippen molar-refractivity contribution in [2.24, 2.45) is 0 Å². The first-order chi connectivity index (χ1) is 17.9. The van der Waals surface area contributed by atoms with E-state index >= 15 is 0 Å². The largest absolute Gasteiger partial charge is 0.0616 e. The van der Waals surface area contributed by atoms with Crippen molar-refractivity contribution in [2.75, 3.05) is 0 Å². The number of hydrogen-bond acceptors (Lipinski definition) is 0. The fraction of sp³-hybridized carbons (Fsp3) is 0. The average molecular weight is 453 g/mol. The number of hydrogen-bond donors (Lipinski definition) is 0. The van der Waals surface area contributed by atoms with Crippen LogP contribution in [0.1, 0.15) is 0 Å². The fourth-order valence-electron chi connectivity index (χ4n) is 6.84. The molecule has 0 aromatic heterocycles. The van der Waals surface area contributed by atoms with E-state index in [1.54, 1.807) is 0 Å². The Morgan fingerprint density at radius 3 is 1.17 bits per heavy atom. The highest BCUT2D eigenvalue weighted by Crippen LogP contribution is 2.45. The first kappa shape index (κ1) is 18.6. The number of rotatable bonds is 0. The van der Waals surface area contributed by atoms with Crippen molar-refractivity contribution in [1.29, 1.82) is 0 Å². The van der Waals surface area contributed by atoms with E-state index in [-0.39, 0.29) is 0 Å². The summed E-state index contributed by atoms with van der Waals surface area (Å²) in [7, 11) is 0. The minimum Gasteiger partial charge on any atom is -0.0616 e. The summed E-state index contributed by atoms with van der Waals surface area (Å²) in [5, 5.41) is 22.3. The molecule has 0 heterocycles. The van der Waals surface area contributed by atoms with Crippen molar-refractivity contribution in [3.8, 4) is 0 Å². The van der Waals surface area contributed by atoms with E-state index in [9.17, 15) is 0 Å². The third kappa shape index (κ3) is 2.20. The molecule has 0 unspecified atom stereocenters. The summed E-state index contributed by atoms with van der Waals surface area (Å²) in [6, 6.07) is 44.4. The molecule has 0 nitrogen and oxygen atoms in total. The van der Waals surface area contributed by atoms with Gasteiger partial charge in [-0.25, -0.2) is 0 Å². The molecule has 164 valence electrons. The van der Waals surface area contributed by atoms with Crippen molar-refractivity contribution in [3.05, 3.63) is 121 Å². The quantitative estimate of drug-likeness (QED) is 0.159. The van der Waals surface area contributed by atoms with Gasteiger partial charge in [0.15, 0.2) is 0 Å². The number of benzene rings is 12. The van der Waals surface area contributed by atoms with Crippen LogP contribution in [0, 0.1) is 0 Å². The molecule has 0 saturated heterocycles. The van der Waals surface area contributed by atoms with Gasteiger partial charge in [0.05, 0.1) is 0 Å². The van der Waals surface area contributed by atoms with Gasteiger partial charge in [-0.15, -0.1) is 0 Å². The Hall–Kier alpha value is -4.68. The third-order valence-electron chi connectivity index (χ3n) is 8.33. The maximum atomic E-state index is 2.33. The van der Waals surface area contributed by atoms with Gasteiger partial charge in [0.2, 0.25) is 0 Å². The highest BCUT2D eigenvalue weighted by atomic mass is 14.2. The molecule has 0 N–H and O–H groups in total. The lowest BCUT2D eigenvalue weighted by Crippen LogP contribution is -1.90. The monoisotopic (exact) mass is 452 g/mol. The molecule has 0 aliphatic heterocycles. The molecule has 0 amide bonds. The van der Waals surface area contributed by atoms with Crippen LogP contribution >= 0.6 is 0 Å². The second kappa shape index (κ2) is 6.50. The maximum absolute atomic E-state index is 2.33. The fourth-order valence-corrected chi connectivity index (χ4v) is 6.84. The zero-order valence-corrected chi connectivity index (χ0v) is 19.5. The molecule has 6 bridgehead atoms. The zero-order valence-electron chi connectivity index (χ0n) is 19.5.